The average molecular weight is 269 g/mol. The summed E-state index contributed by atoms with van der Waals surface area (Å²) < 4.78 is 5.51. The van der Waals surface area contributed by atoms with Crippen LogP contribution in [0.3, 0.4) is 0 Å². The van der Waals surface area contributed by atoms with E-state index in [0.717, 1.165) is 32.6 Å². The third-order valence-corrected chi connectivity index (χ3v) is 4.29. The number of hydrogen-bond donors (Lipinski definition) is 1. The van der Waals surface area contributed by atoms with E-state index in [1.54, 1.807) is 0 Å². The maximum absolute atomic E-state index is 5.51. The second-order valence-electron chi connectivity index (χ2n) is 5.59. The number of nitrogens with one attached hydrogen (secondary N) is 1. The smallest absolute Gasteiger partial charge is 0.0469 e. The van der Waals surface area contributed by atoms with Crippen LogP contribution < -0.4 is 5.32 Å². The fourth-order valence-corrected chi connectivity index (χ4v) is 3.23. The molecular weight excluding hydrogens is 246 g/mol. The SMILES string of the molecule is CCNC(c1ccc2ccccc2c1)C1CCOCC1. The number of fused-ring (bicyclic) bond motifs is 1. The van der Waals surface area contributed by atoms with Gasteiger partial charge in [-0.3, -0.25) is 0 Å². The number of rotatable bonds is 4. The summed E-state index contributed by atoms with van der Waals surface area (Å²) in [6, 6.07) is 15.9. The Morgan fingerprint density at radius 3 is 2.60 bits per heavy atom. The van der Waals surface area contributed by atoms with Crippen molar-refractivity contribution in [2.75, 3.05) is 19.8 Å². The van der Waals surface area contributed by atoms with Gasteiger partial charge in [0.05, 0.1) is 0 Å². The molecule has 2 aromatic rings. The Kier molecular flexibility index (Phi) is 4.34. The first-order valence-corrected chi connectivity index (χ1v) is 7.68. The highest BCUT2D eigenvalue weighted by atomic mass is 16.5. The van der Waals surface area contributed by atoms with Gasteiger partial charge in [0.15, 0.2) is 0 Å². The van der Waals surface area contributed by atoms with Crippen LogP contribution in [0.2, 0.25) is 0 Å². The van der Waals surface area contributed by atoms with Crippen molar-refractivity contribution in [3.63, 3.8) is 0 Å². The molecule has 0 saturated carbocycles. The second-order valence-corrected chi connectivity index (χ2v) is 5.59. The second kappa shape index (κ2) is 6.38. The molecule has 106 valence electrons. The van der Waals surface area contributed by atoms with Gasteiger partial charge in [-0.15, -0.1) is 0 Å². The molecule has 1 aliphatic rings. The molecule has 1 saturated heterocycles. The average Bonchev–Trinajstić information content (AvgIpc) is 2.53. The largest absolute Gasteiger partial charge is 0.381 e. The van der Waals surface area contributed by atoms with Gasteiger partial charge in [-0.1, -0.05) is 43.3 Å². The number of benzene rings is 2. The minimum absolute atomic E-state index is 0.452. The molecule has 1 heterocycles. The zero-order valence-electron chi connectivity index (χ0n) is 12.1. The molecule has 0 spiro atoms. The van der Waals surface area contributed by atoms with Gasteiger partial charge in [0.1, 0.15) is 0 Å². The molecule has 1 atom stereocenters. The first kappa shape index (κ1) is 13.6. The highest BCUT2D eigenvalue weighted by Gasteiger charge is 2.24. The zero-order chi connectivity index (χ0) is 13.8. The topological polar surface area (TPSA) is 21.3 Å². The zero-order valence-corrected chi connectivity index (χ0v) is 12.1. The van der Waals surface area contributed by atoms with E-state index < -0.39 is 0 Å². The maximum atomic E-state index is 5.51. The molecular formula is C18H23NO. The highest BCUT2D eigenvalue weighted by molar-refractivity contribution is 5.83. The van der Waals surface area contributed by atoms with Crippen LogP contribution in [0.4, 0.5) is 0 Å². The standard InChI is InChI=1S/C18H23NO/c1-2-19-18(15-9-11-20-12-10-15)17-8-7-14-5-3-4-6-16(14)13-17/h3-8,13,15,18-19H,2,9-12H2,1H3. The van der Waals surface area contributed by atoms with Gasteiger partial charge in [-0.05, 0) is 47.7 Å². The van der Waals surface area contributed by atoms with Gasteiger partial charge in [-0.2, -0.15) is 0 Å². The van der Waals surface area contributed by atoms with Crippen molar-refractivity contribution in [3.05, 3.63) is 48.0 Å². The van der Waals surface area contributed by atoms with Crippen LogP contribution in [0.25, 0.3) is 10.8 Å². The molecule has 1 N–H and O–H groups in total. The van der Waals surface area contributed by atoms with Crippen molar-refractivity contribution in [1.29, 1.82) is 0 Å². The molecule has 0 bridgehead atoms. The van der Waals surface area contributed by atoms with Gasteiger partial charge in [0.2, 0.25) is 0 Å². The van der Waals surface area contributed by atoms with E-state index >= 15 is 0 Å². The lowest BCUT2D eigenvalue weighted by Crippen LogP contribution is -2.32. The highest BCUT2D eigenvalue weighted by Crippen LogP contribution is 2.31. The number of ether oxygens (including phenoxy) is 1. The van der Waals surface area contributed by atoms with E-state index in [-0.39, 0.29) is 0 Å². The molecule has 0 aromatic heterocycles. The van der Waals surface area contributed by atoms with Crippen LogP contribution in [-0.2, 0) is 4.74 Å². The third kappa shape index (κ3) is 2.87. The Labute approximate surface area is 121 Å². The molecule has 20 heavy (non-hydrogen) atoms. The van der Waals surface area contributed by atoms with E-state index in [2.05, 4.69) is 54.7 Å². The van der Waals surface area contributed by atoms with Crippen molar-refractivity contribution >= 4 is 10.8 Å². The summed E-state index contributed by atoms with van der Waals surface area (Å²) in [6.45, 7) is 5.00. The Hall–Kier alpha value is -1.38. The molecule has 1 aliphatic heterocycles. The lowest BCUT2D eigenvalue weighted by Gasteiger charge is -2.31. The molecule has 2 aromatic carbocycles. The van der Waals surface area contributed by atoms with Crippen molar-refractivity contribution in [3.8, 4) is 0 Å². The molecule has 0 amide bonds. The lowest BCUT2D eigenvalue weighted by atomic mass is 9.86. The van der Waals surface area contributed by atoms with Gasteiger partial charge < -0.3 is 10.1 Å². The normalized spacial score (nSPS) is 18.2. The fourth-order valence-electron chi connectivity index (χ4n) is 3.23. The van der Waals surface area contributed by atoms with Gasteiger partial charge >= 0.3 is 0 Å². The van der Waals surface area contributed by atoms with Crippen molar-refractivity contribution in [2.24, 2.45) is 5.92 Å². The van der Waals surface area contributed by atoms with Crippen LogP contribution >= 0.6 is 0 Å². The Bertz CT molecular complexity index is 560. The monoisotopic (exact) mass is 269 g/mol. The van der Waals surface area contributed by atoms with E-state index in [4.69, 9.17) is 4.74 Å². The van der Waals surface area contributed by atoms with Crippen molar-refractivity contribution in [1.82, 2.24) is 5.32 Å². The predicted molar refractivity (Wildman–Crippen MR) is 83.9 cm³/mol. The summed E-state index contributed by atoms with van der Waals surface area (Å²) in [7, 11) is 0. The molecule has 2 nitrogen and oxygen atoms in total. The van der Waals surface area contributed by atoms with E-state index in [0.29, 0.717) is 12.0 Å². The van der Waals surface area contributed by atoms with Crippen LogP contribution in [0, 0.1) is 5.92 Å². The fraction of sp³-hybridized carbons (Fsp3) is 0.444. The van der Waals surface area contributed by atoms with Gasteiger partial charge in [0, 0.05) is 19.3 Å². The minimum atomic E-state index is 0.452. The summed E-state index contributed by atoms with van der Waals surface area (Å²) in [5.74, 6) is 0.685. The molecule has 0 radical (unpaired) electrons. The lowest BCUT2D eigenvalue weighted by molar-refractivity contribution is 0.0538. The van der Waals surface area contributed by atoms with E-state index in [9.17, 15) is 0 Å². The quantitative estimate of drug-likeness (QED) is 0.908. The van der Waals surface area contributed by atoms with Crippen LogP contribution in [0.5, 0.6) is 0 Å². The first-order chi connectivity index (χ1) is 9.88. The third-order valence-electron chi connectivity index (χ3n) is 4.29. The van der Waals surface area contributed by atoms with E-state index in [1.807, 2.05) is 0 Å². The predicted octanol–water partition coefficient (Wildman–Crippen LogP) is 3.92. The Morgan fingerprint density at radius 1 is 1.10 bits per heavy atom. The van der Waals surface area contributed by atoms with Crippen molar-refractivity contribution < 1.29 is 4.74 Å². The van der Waals surface area contributed by atoms with Crippen LogP contribution in [-0.4, -0.2) is 19.8 Å². The molecule has 1 fully saturated rings. The molecule has 3 rings (SSSR count). The van der Waals surface area contributed by atoms with Crippen LogP contribution in [0.1, 0.15) is 31.4 Å². The summed E-state index contributed by atoms with van der Waals surface area (Å²) in [6.07, 6.45) is 2.31. The summed E-state index contributed by atoms with van der Waals surface area (Å²) >= 11 is 0. The molecule has 0 aliphatic carbocycles. The van der Waals surface area contributed by atoms with E-state index in [1.165, 1.54) is 16.3 Å². The maximum Gasteiger partial charge on any atom is 0.0469 e. The molecule has 1 unspecified atom stereocenters. The summed E-state index contributed by atoms with van der Waals surface area (Å²) in [4.78, 5) is 0. The summed E-state index contributed by atoms with van der Waals surface area (Å²) in [5, 5.41) is 6.33. The van der Waals surface area contributed by atoms with Gasteiger partial charge in [-0.25, -0.2) is 0 Å². The first-order valence-electron chi connectivity index (χ1n) is 7.68. The van der Waals surface area contributed by atoms with Crippen LogP contribution in [0.15, 0.2) is 42.5 Å². The minimum Gasteiger partial charge on any atom is -0.381 e. The van der Waals surface area contributed by atoms with Gasteiger partial charge in [0.25, 0.3) is 0 Å². The number of hydrogen-bond acceptors (Lipinski definition) is 2. The molecule has 2 heteroatoms. The Balaban J connectivity index is 1.91. The van der Waals surface area contributed by atoms with Crippen molar-refractivity contribution in [2.45, 2.75) is 25.8 Å². The summed E-state index contributed by atoms with van der Waals surface area (Å²) in [5.41, 5.74) is 1.41. The Morgan fingerprint density at radius 2 is 1.85 bits per heavy atom.